The summed E-state index contributed by atoms with van der Waals surface area (Å²) in [5.74, 6) is 0. The van der Waals surface area contributed by atoms with Gasteiger partial charge < -0.3 is 60.5 Å². The fourth-order valence-electron chi connectivity index (χ4n) is 9.11. The third kappa shape index (κ3) is 24.4. The maximum atomic E-state index is 12.5. The van der Waals surface area contributed by atoms with Crippen molar-refractivity contribution in [2.24, 2.45) is 0 Å². The summed E-state index contributed by atoms with van der Waals surface area (Å²) in [5.41, 5.74) is 8.19. The number of hydrogen-bond acceptors (Lipinski definition) is 15. The van der Waals surface area contributed by atoms with Crippen LogP contribution in [0.25, 0.3) is 34.2 Å². The van der Waals surface area contributed by atoms with Crippen LogP contribution in [0.5, 0.6) is 0 Å². The van der Waals surface area contributed by atoms with Crippen LogP contribution in [-0.4, -0.2) is 66.6 Å². The molecule has 0 amide bonds. The molecule has 6 heterocycles. The van der Waals surface area contributed by atoms with Gasteiger partial charge in [0.2, 0.25) is 0 Å². The van der Waals surface area contributed by atoms with Crippen LogP contribution in [0, 0.1) is 0 Å². The molecule has 0 saturated heterocycles. The molecule has 0 saturated carbocycles. The molecular weight excluding hydrogens is 1340 g/mol. The van der Waals surface area contributed by atoms with E-state index in [-0.39, 0.29) is 72.1 Å². The van der Waals surface area contributed by atoms with E-state index in [2.05, 4.69) is 29.9 Å². The predicted molar refractivity (Wildman–Crippen MR) is 343 cm³/mol. The normalized spacial score (nSPS) is 9.81. The molecule has 23 heteroatoms. The van der Waals surface area contributed by atoms with Crippen molar-refractivity contribution in [2.75, 3.05) is 21.3 Å². The van der Waals surface area contributed by atoms with Gasteiger partial charge in [0.05, 0.1) is 44.5 Å². The van der Waals surface area contributed by atoms with Gasteiger partial charge in [0.15, 0.2) is 0 Å². The van der Waals surface area contributed by atoms with Crippen molar-refractivity contribution in [3.8, 4) is 34.2 Å². The molecule has 0 aliphatic heterocycles. The van der Waals surface area contributed by atoms with Gasteiger partial charge in [-0.25, -0.2) is 0 Å². The van der Waals surface area contributed by atoms with Crippen LogP contribution in [0.2, 0.25) is 0 Å². The molecule has 12 rings (SSSR count). The standard InChI is InChI=1S/2C19H17O3P.3C10H8N2.3CH4O.3O.3V/c2*20-23(21,22)19(16-10-4-1-5-11-16,17-12-6-2-7-13-17)18-14-8-3-9-15-18;3*1-3-7-11-9(5-1)10-6-2-4-8-12-10;3*1-2;;;;;;/h2*1-15H,(H2,20,21,22);3*1-8H;3*2H,1H3;;;;;;/q;;;;;;;;3*-2;;;+4/p-4. The average molecular weight is 1410 g/mol. The zero-order valence-electron chi connectivity index (χ0n) is 51.1. The first kappa shape index (κ1) is 88.1. The Morgan fingerprint density at radius 3 is 0.457 bits per heavy atom. The molecule has 3 radical (unpaired) electrons. The minimum Gasteiger partial charge on any atom is -2.00 e. The molecule has 0 fully saturated rings. The van der Waals surface area contributed by atoms with Gasteiger partial charge in [0.1, 0.15) is 0 Å². The Bertz CT molecular complexity index is 3230. The summed E-state index contributed by atoms with van der Waals surface area (Å²) >= 11 is 0. The fourth-order valence-corrected chi connectivity index (χ4v) is 11.9. The molecule has 94 heavy (non-hydrogen) atoms. The Balaban J connectivity index is 0. The van der Waals surface area contributed by atoms with E-state index in [0.29, 0.717) is 33.4 Å². The molecule has 0 unspecified atom stereocenters. The maximum absolute atomic E-state index is 12.5. The molecule has 3 N–H and O–H groups in total. The van der Waals surface area contributed by atoms with Crippen molar-refractivity contribution in [1.29, 1.82) is 0 Å². The van der Waals surface area contributed by atoms with Gasteiger partial charge in [-0.15, -0.1) is 0 Å². The number of aliphatic hydroxyl groups is 3. The van der Waals surface area contributed by atoms with Crippen molar-refractivity contribution in [3.05, 3.63) is 362 Å². The van der Waals surface area contributed by atoms with E-state index in [1.807, 2.05) is 109 Å². The van der Waals surface area contributed by atoms with E-state index in [4.69, 9.17) is 15.3 Å². The van der Waals surface area contributed by atoms with Crippen LogP contribution < -0.4 is 19.6 Å². The Labute approximate surface area is 584 Å². The number of nitrogens with zero attached hydrogens (tertiary/aromatic N) is 6. The number of aromatic nitrogens is 6. The van der Waals surface area contributed by atoms with Gasteiger partial charge in [-0.1, -0.05) is 218 Å². The molecule has 0 spiro atoms. The Morgan fingerprint density at radius 2 is 0.362 bits per heavy atom. The van der Waals surface area contributed by atoms with E-state index in [1.165, 1.54) is 0 Å². The number of aliphatic hydroxyl groups excluding tert-OH is 3. The van der Waals surface area contributed by atoms with E-state index in [1.54, 1.807) is 219 Å². The molecule has 0 aliphatic carbocycles. The Kier molecular flexibility index (Phi) is 44.8. The van der Waals surface area contributed by atoms with Crippen LogP contribution in [0.1, 0.15) is 33.4 Å². The zero-order valence-corrected chi connectivity index (χ0v) is 57.1. The smallest absolute Gasteiger partial charge is 2.00 e. The van der Waals surface area contributed by atoms with E-state index < -0.39 is 25.5 Å². The fraction of sp³-hybridized carbons (Fsp3) is 0.0704. The summed E-state index contributed by atoms with van der Waals surface area (Å²) in [4.78, 5) is 75.2. The molecule has 18 nitrogen and oxygen atoms in total. The monoisotopic (exact) mass is 1410 g/mol. The third-order valence-corrected chi connectivity index (χ3v) is 15.9. The number of benzene rings is 6. The van der Waals surface area contributed by atoms with E-state index in [0.717, 1.165) is 55.5 Å². The van der Waals surface area contributed by atoms with Crippen molar-refractivity contribution < 1.29 is 116 Å². The minimum atomic E-state index is -5.07. The molecule has 0 atom stereocenters. The van der Waals surface area contributed by atoms with Gasteiger partial charge in [0, 0.05) is 95.6 Å². The second kappa shape index (κ2) is 47.8. The van der Waals surface area contributed by atoms with Crippen LogP contribution >= 0.6 is 15.2 Å². The predicted octanol–water partition coefficient (Wildman–Crippen LogP) is 10.7. The van der Waals surface area contributed by atoms with Gasteiger partial charge in [-0.3, -0.25) is 29.9 Å². The molecule has 6 aromatic heterocycles. The molecule has 483 valence electrons. The first-order valence-corrected chi connectivity index (χ1v) is 30.3. The molecule has 6 aromatic carbocycles. The van der Waals surface area contributed by atoms with Crippen molar-refractivity contribution in [3.63, 3.8) is 0 Å². The van der Waals surface area contributed by atoms with Crippen molar-refractivity contribution >= 4 is 15.2 Å². The summed E-state index contributed by atoms with van der Waals surface area (Å²) in [7, 11) is -7.15. The molecule has 12 aromatic rings. The SMILES string of the molecule is CO.CO.CO.O=P([O-])([O-])C(c1ccccc1)(c1ccccc1)c1ccccc1.O=P([O-])([O-])C(c1ccccc1)(c1ccccc1)c1ccccc1.[O-2].[O-2].[O-2].[V+4].[V].[V].c1ccc(-c2ccccn2)nc1.c1ccc(-c2ccccn2)nc1.c1ccc(-c2ccccn2)nc1. The van der Waals surface area contributed by atoms with Crippen molar-refractivity contribution in [1.82, 2.24) is 29.9 Å². The van der Waals surface area contributed by atoms with Crippen LogP contribution in [-0.2, 0) is 91.5 Å². The topological polar surface area (TPSA) is 350 Å². The average Bonchev–Trinajstić information content (AvgIpc) is 0.740. The van der Waals surface area contributed by atoms with Crippen LogP contribution in [0.3, 0.4) is 0 Å². The third-order valence-electron chi connectivity index (χ3n) is 12.7. The second-order valence-corrected chi connectivity index (χ2v) is 21.2. The van der Waals surface area contributed by atoms with Gasteiger partial charge >= 0.3 is 18.6 Å². The van der Waals surface area contributed by atoms with Crippen LogP contribution in [0.15, 0.2) is 328 Å². The van der Waals surface area contributed by atoms with E-state index in [9.17, 15) is 28.7 Å². The summed E-state index contributed by atoms with van der Waals surface area (Å²) in [6.45, 7) is 0. The largest absolute Gasteiger partial charge is 4.00 e. The summed E-state index contributed by atoms with van der Waals surface area (Å²) < 4.78 is 25.1. The van der Waals surface area contributed by atoms with Crippen molar-refractivity contribution in [2.45, 2.75) is 10.3 Å². The zero-order chi connectivity index (χ0) is 63.4. The minimum absolute atomic E-state index is 0. The number of hydrogen-bond donors (Lipinski definition) is 3. The first-order valence-electron chi connectivity index (χ1n) is 27.2. The molecular formula is C71H66N6O12P2V3-6. The molecule has 0 aliphatic rings. The Hall–Kier alpha value is -7.97. The summed E-state index contributed by atoms with van der Waals surface area (Å²) in [6, 6.07) is 86.7. The van der Waals surface area contributed by atoms with Gasteiger partial charge in [-0.05, 0) is 121 Å². The quantitative estimate of drug-likeness (QED) is 0.0800. The number of pyridine rings is 6. The maximum Gasteiger partial charge on any atom is 4.00 e. The first-order chi connectivity index (χ1) is 43.0. The van der Waals surface area contributed by atoms with E-state index >= 15 is 0 Å². The van der Waals surface area contributed by atoms with Crippen LogP contribution in [0.4, 0.5) is 0 Å². The molecule has 0 bridgehead atoms. The second-order valence-electron chi connectivity index (χ2n) is 17.9. The number of rotatable bonds is 11. The van der Waals surface area contributed by atoms with Gasteiger partial charge in [-0.2, -0.15) is 0 Å². The summed E-state index contributed by atoms with van der Waals surface area (Å²) in [6.07, 6.45) is 10.6. The van der Waals surface area contributed by atoms with Gasteiger partial charge in [0.25, 0.3) is 0 Å². The summed E-state index contributed by atoms with van der Waals surface area (Å²) in [5, 5.41) is 17.5. The Morgan fingerprint density at radius 1 is 0.245 bits per heavy atom.